The highest BCUT2D eigenvalue weighted by atomic mass is 35.5. The van der Waals surface area contributed by atoms with E-state index >= 15 is 0 Å². The van der Waals surface area contributed by atoms with Crippen LogP contribution in [0.2, 0.25) is 5.02 Å². The molecule has 1 N–H and O–H groups in total. The molecule has 0 aliphatic carbocycles. The quantitative estimate of drug-likeness (QED) is 0.628. The summed E-state index contributed by atoms with van der Waals surface area (Å²) in [5.41, 5.74) is 0. The lowest BCUT2D eigenvalue weighted by Gasteiger charge is -1.97. The number of halogens is 1. The zero-order valence-corrected chi connectivity index (χ0v) is 12.3. The van der Waals surface area contributed by atoms with Crippen LogP contribution >= 0.6 is 23.4 Å². The second-order valence-corrected chi connectivity index (χ2v) is 5.54. The molecule has 0 amide bonds. The van der Waals surface area contributed by atoms with Crippen molar-refractivity contribution < 1.29 is 4.52 Å². The van der Waals surface area contributed by atoms with Gasteiger partial charge >= 0.3 is 0 Å². The summed E-state index contributed by atoms with van der Waals surface area (Å²) in [4.78, 5) is 5.51. The molecule has 0 bridgehead atoms. The summed E-state index contributed by atoms with van der Waals surface area (Å²) in [6.45, 7) is 0.956. The summed E-state index contributed by atoms with van der Waals surface area (Å²) in [5, 5.41) is 7.81. The monoisotopic (exact) mass is 297 g/mol. The molecule has 0 aliphatic heterocycles. The number of nitrogens with zero attached hydrogens (tertiary/aromatic N) is 2. The highest BCUT2D eigenvalue weighted by Crippen LogP contribution is 2.23. The highest BCUT2D eigenvalue weighted by Gasteiger charge is 2.06. The predicted molar refractivity (Wildman–Crippen MR) is 77.6 cm³/mol. The van der Waals surface area contributed by atoms with Gasteiger partial charge in [-0.2, -0.15) is 4.98 Å². The Morgan fingerprint density at radius 2 is 2.11 bits per heavy atom. The van der Waals surface area contributed by atoms with Crippen LogP contribution in [0.15, 0.2) is 33.7 Å². The molecule has 0 spiro atoms. The average molecular weight is 298 g/mol. The molecule has 102 valence electrons. The predicted octanol–water partition coefficient (Wildman–Crippen LogP) is 3.17. The van der Waals surface area contributed by atoms with E-state index in [1.165, 1.54) is 0 Å². The minimum atomic E-state index is 0.706. The summed E-state index contributed by atoms with van der Waals surface area (Å²) in [5.74, 6) is 2.15. The van der Waals surface area contributed by atoms with Gasteiger partial charge in [0.2, 0.25) is 5.89 Å². The first-order valence-corrected chi connectivity index (χ1v) is 7.48. The van der Waals surface area contributed by atoms with Crippen LogP contribution < -0.4 is 5.32 Å². The molecule has 0 saturated heterocycles. The molecule has 4 nitrogen and oxygen atoms in total. The maximum absolute atomic E-state index is 5.84. The summed E-state index contributed by atoms with van der Waals surface area (Å²) in [6, 6.07) is 7.73. The maximum atomic E-state index is 5.84. The third kappa shape index (κ3) is 4.86. The molecule has 0 saturated carbocycles. The number of rotatable bonds is 7. The Morgan fingerprint density at radius 3 is 2.84 bits per heavy atom. The normalized spacial score (nSPS) is 10.8. The second-order valence-electron chi connectivity index (χ2n) is 4.05. The summed E-state index contributed by atoms with van der Waals surface area (Å²) in [6.07, 6.45) is 1.82. The molecule has 6 heteroatoms. The van der Waals surface area contributed by atoms with Crippen molar-refractivity contribution in [1.82, 2.24) is 15.5 Å². The van der Waals surface area contributed by atoms with E-state index in [1.54, 1.807) is 11.8 Å². The third-order valence-electron chi connectivity index (χ3n) is 2.51. The van der Waals surface area contributed by atoms with Crippen LogP contribution in [0, 0.1) is 0 Å². The Hall–Kier alpha value is -1.04. The molecule has 1 aromatic heterocycles. The maximum Gasteiger partial charge on any atom is 0.226 e. The fourth-order valence-corrected chi connectivity index (χ4v) is 2.41. The van der Waals surface area contributed by atoms with Crippen LogP contribution in [0.25, 0.3) is 0 Å². The number of benzene rings is 1. The van der Waals surface area contributed by atoms with Crippen molar-refractivity contribution >= 4 is 23.4 Å². The van der Waals surface area contributed by atoms with E-state index in [4.69, 9.17) is 16.1 Å². The van der Waals surface area contributed by atoms with Crippen molar-refractivity contribution in [2.45, 2.75) is 23.5 Å². The lowest BCUT2D eigenvalue weighted by molar-refractivity contribution is 0.371. The fourth-order valence-electron chi connectivity index (χ4n) is 1.55. The molecule has 0 aliphatic rings. The van der Waals surface area contributed by atoms with Crippen molar-refractivity contribution in [1.29, 1.82) is 0 Å². The number of hydrogen-bond donors (Lipinski definition) is 1. The number of aromatic nitrogens is 2. The Balaban J connectivity index is 1.81. The van der Waals surface area contributed by atoms with Crippen LogP contribution in [-0.4, -0.2) is 23.7 Å². The van der Waals surface area contributed by atoms with Crippen LogP contribution in [0.3, 0.4) is 0 Å². The van der Waals surface area contributed by atoms with E-state index < -0.39 is 0 Å². The molecular weight excluding hydrogens is 282 g/mol. The van der Waals surface area contributed by atoms with Gasteiger partial charge in [-0.25, -0.2) is 0 Å². The summed E-state index contributed by atoms with van der Waals surface area (Å²) >= 11 is 7.51. The number of hydrogen-bond acceptors (Lipinski definition) is 5. The van der Waals surface area contributed by atoms with E-state index in [0.717, 1.165) is 35.1 Å². The summed E-state index contributed by atoms with van der Waals surface area (Å²) in [7, 11) is 1.93. The molecular formula is C13H16ClN3OS. The Kier molecular flexibility index (Phi) is 5.69. The van der Waals surface area contributed by atoms with E-state index in [-0.39, 0.29) is 0 Å². The first-order chi connectivity index (χ1) is 9.28. The first-order valence-electron chi connectivity index (χ1n) is 6.12. The van der Waals surface area contributed by atoms with Crippen LogP contribution in [0.1, 0.15) is 18.1 Å². The lowest BCUT2D eigenvalue weighted by Crippen LogP contribution is -2.08. The molecule has 2 rings (SSSR count). The number of thioether (sulfide) groups is 1. The molecule has 19 heavy (non-hydrogen) atoms. The van der Waals surface area contributed by atoms with Crippen molar-refractivity contribution in [3.05, 3.63) is 41.0 Å². The SMILES string of the molecule is CNCCCc1nc(CSc2ccc(Cl)cc2)no1. The fraction of sp³-hybridized carbons (Fsp3) is 0.385. The van der Waals surface area contributed by atoms with E-state index in [1.807, 2.05) is 31.3 Å². The van der Waals surface area contributed by atoms with Crippen molar-refractivity contribution in [3.63, 3.8) is 0 Å². The van der Waals surface area contributed by atoms with Crippen molar-refractivity contribution in [2.75, 3.05) is 13.6 Å². The zero-order valence-electron chi connectivity index (χ0n) is 10.7. The lowest BCUT2D eigenvalue weighted by atomic mass is 10.3. The number of aryl methyl sites for hydroxylation is 1. The Labute approximate surface area is 121 Å². The van der Waals surface area contributed by atoms with Crippen LogP contribution in [-0.2, 0) is 12.2 Å². The van der Waals surface area contributed by atoms with Gasteiger partial charge < -0.3 is 9.84 Å². The van der Waals surface area contributed by atoms with Crippen molar-refractivity contribution in [3.8, 4) is 0 Å². The minimum Gasteiger partial charge on any atom is -0.339 e. The van der Waals surface area contributed by atoms with Gasteiger partial charge in [-0.15, -0.1) is 11.8 Å². The zero-order chi connectivity index (χ0) is 13.5. The number of nitrogens with one attached hydrogen (secondary N) is 1. The van der Waals surface area contributed by atoms with Gasteiger partial charge in [0, 0.05) is 16.3 Å². The molecule has 0 atom stereocenters. The van der Waals surface area contributed by atoms with Gasteiger partial charge in [0.15, 0.2) is 5.82 Å². The average Bonchev–Trinajstić information content (AvgIpc) is 2.86. The smallest absolute Gasteiger partial charge is 0.226 e. The van der Waals surface area contributed by atoms with E-state index in [0.29, 0.717) is 11.6 Å². The van der Waals surface area contributed by atoms with Gasteiger partial charge in [-0.05, 0) is 44.3 Å². The highest BCUT2D eigenvalue weighted by molar-refractivity contribution is 7.98. The third-order valence-corrected chi connectivity index (χ3v) is 3.77. The molecule has 1 aromatic carbocycles. The topological polar surface area (TPSA) is 51.0 Å². The first kappa shape index (κ1) is 14.4. The molecule has 0 fully saturated rings. The molecule has 0 radical (unpaired) electrons. The standard InChI is InChI=1S/C13H16ClN3OS/c1-15-8-2-3-13-16-12(17-18-13)9-19-11-6-4-10(14)5-7-11/h4-7,15H,2-3,8-9H2,1H3. The van der Waals surface area contributed by atoms with E-state index in [2.05, 4.69) is 15.5 Å². The van der Waals surface area contributed by atoms with Crippen LogP contribution in [0.5, 0.6) is 0 Å². The Morgan fingerprint density at radius 1 is 1.32 bits per heavy atom. The van der Waals surface area contributed by atoms with Gasteiger partial charge in [-0.1, -0.05) is 16.8 Å². The van der Waals surface area contributed by atoms with E-state index in [9.17, 15) is 0 Å². The molecule has 1 heterocycles. The van der Waals surface area contributed by atoms with Crippen LogP contribution in [0.4, 0.5) is 0 Å². The van der Waals surface area contributed by atoms with Gasteiger partial charge in [0.1, 0.15) is 0 Å². The minimum absolute atomic E-state index is 0.706. The second kappa shape index (κ2) is 7.53. The molecule has 2 aromatic rings. The Bertz CT molecular complexity index is 501. The van der Waals surface area contributed by atoms with Gasteiger partial charge in [0.05, 0.1) is 5.75 Å². The summed E-state index contributed by atoms with van der Waals surface area (Å²) < 4.78 is 5.20. The van der Waals surface area contributed by atoms with Gasteiger partial charge in [-0.3, -0.25) is 0 Å². The molecule has 0 unspecified atom stereocenters. The van der Waals surface area contributed by atoms with Gasteiger partial charge in [0.25, 0.3) is 0 Å². The largest absolute Gasteiger partial charge is 0.339 e. The van der Waals surface area contributed by atoms with Crippen molar-refractivity contribution in [2.24, 2.45) is 0 Å².